The van der Waals surface area contributed by atoms with E-state index in [1.165, 1.54) is 5.56 Å². The van der Waals surface area contributed by atoms with E-state index in [2.05, 4.69) is 10.2 Å². The van der Waals surface area contributed by atoms with E-state index in [1.54, 1.807) is 40.2 Å². The van der Waals surface area contributed by atoms with Gasteiger partial charge in [0.25, 0.3) is 0 Å². The van der Waals surface area contributed by atoms with Crippen molar-refractivity contribution in [2.75, 3.05) is 22.2 Å². The Hall–Kier alpha value is -1.12. The summed E-state index contributed by atoms with van der Waals surface area (Å²) in [5, 5.41) is 8.23. The van der Waals surface area contributed by atoms with Gasteiger partial charge in [-0.2, -0.15) is 0 Å². The molecule has 0 unspecified atom stereocenters. The first-order valence-corrected chi connectivity index (χ1v) is 9.79. The number of thioether (sulfide) groups is 3. The molecular weight excluding hydrogens is 338 g/mol. The first-order chi connectivity index (χ1) is 10.7. The highest BCUT2D eigenvalue weighted by Gasteiger charge is 2.52. The molecule has 22 heavy (non-hydrogen) atoms. The Morgan fingerprint density at radius 2 is 1.86 bits per heavy atom. The van der Waals surface area contributed by atoms with Crippen molar-refractivity contribution in [3.05, 3.63) is 29.8 Å². The van der Waals surface area contributed by atoms with Gasteiger partial charge >= 0.3 is 6.01 Å². The van der Waals surface area contributed by atoms with Crippen LogP contribution < -0.4 is 4.90 Å². The number of carbonyl (C=O) groups is 1. The zero-order valence-electron chi connectivity index (χ0n) is 11.8. The molecule has 2 aliphatic heterocycles. The second kappa shape index (κ2) is 5.50. The number of nitrogens with zero attached hydrogens (tertiary/aromatic N) is 3. The summed E-state index contributed by atoms with van der Waals surface area (Å²) in [6, 6.07) is 8.19. The second-order valence-electron chi connectivity index (χ2n) is 4.99. The minimum Gasteiger partial charge on any atom is -0.403 e. The van der Waals surface area contributed by atoms with Crippen LogP contribution >= 0.6 is 35.3 Å². The molecule has 0 saturated carbocycles. The van der Waals surface area contributed by atoms with Crippen molar-refractivity contribution < 1.29 is 9.21 Å². The van der Waals surface area contributed by atoms with Gasteiger partial charge in [-0.25, -0.2) is 4.90 Å². The lowest BCUT2D eigenvalue weighted by atomic mass is 10.1. The zero-order chi connectivity index (χ0) is 15.2. The molecule has 4 rings (SSSR count). The number of hydrogen-bond donors (Lipinski definition) is 0. The average Bonchev–Trinajstić information content (AvgIpc) is 3.23. The fraction of sp³-hybridized carbons (Fsp3) is 0.357. The Morgan fingerprint density at radius 3 is 2.59 bits per heavy atom. The molecule has 114 valence electrons. The van der Waals surface area contributed by atoms with E-state index in [4.69, 9.17) is 4.42 Å². The van der Waals surface area contributed by atoms with Crippen molar-refractivity contribution in [3.63, 3.8) is 0 Å². The van der Waals surface area contributed by atoms with Gasteiger partial charge in [0.05, 0.1) is 5.75 Å². The molecule has 2 fully saturated rings. The summed E-state index contributed by atoms with van der Waals surface area (Å²) in [7, 11) is 0. The Kier molecular flexibility index (Phi) is 3.62. The number of amides is 1. The molecule has 3 heterocycles. The number of carbonyl (C=O) groups excluding carboxylic acids is 1. The largest absolute Gasteiger partial charge is 0.403 e. The fourth-order valence-electron chi connectivity index (χ4n) is 2.37. The number of rotatable bonds is 2. The van der Waals surface area contributed by atoms with E-state index in [0.717, 1.165) is 17.1 Å². The van der Waals surface area contributed by atoms with Crippen molar-refractivity contribution in [3.8, 4) is 11.5 Å². The summed E-state index contributed by atoms with van der Waals surface area (Å²) in [6.45, 7) is 2.03. The molecule has 2 saturated heterocycles. The zero-order valence-corrected chi connectivity index (χ0v) is 14.3. The number of aryl methyl sites for hydroxylation is 1. The SMILES string of the molecule is Cc1ccc(-c2nnc(N3C(=O)CSC34SCCS4)o2)cc1. The second-order valence-corrected chi connectivity index (χ2v) is 9.51. The summed E-state index contributed by atoms with van der Waals surface area (Å²) >= 11 is 5.18. The number of anilines is 1. The van der Waals surface area contributed by atoms with Crippen molar-refractivity contribution in [1.29, 1.82) is 0 Å². The van der Waals surface area contributed by atoms with Gasteiger partial charge in [0.15, 0.2) is 3.54 Å². The third kappa shape index (κ3) is 2.33. The lowest BCUT2D eigenvalue weighted by Crippen LogP contribution is -2.38. The monoisotopic (exact) mass is 351 g/mol. The Balaban J connectivity index is 1.68. The quantitative estimate of drug-likeness (QED) is 0.823. The van der Waals surface area contributed by atoms with Crippen molar-refractivity contribution in [1.82, 2.24) is 10.2 Å². The molecule has 1 spiro atoms. The summed E-state index contributed by atoms with van der Waals surface area (Å²) in [5.41, 5.74) is 2.04. The summed E-state index contributed by atoms with van der Waals surface area (Å²) in [5.74, 6) is 3.00. The van der Waals surface area contributed by atoms with Crippen LogP contribution in [-0.2, 0) is 4.79 Å². The van der Waals surface area contributed by atoms with Crippen LogP contribution in [-0.4, -0.2) is 36.9 Å². The maximum absolute atomic E-state index is 12.3. The third-order valence-corrected chi connectivity index (χ3v) is 8.69. The van der Waals surface area contributed by atoms with Crippen molar-refractivity contribution in [2.45, 2.75) is 10.5 Å². The minimum absolute atomic E-state index is 0.0333. The van der Waals surface area contributed by atoms with E-state index < -0.39 is 0 Å². The van der Waals surface area contributed by atoms with Crippen LogP contribution in [0.5, 0.6) is 0 Å². The number of hydrogen-bond acceptors (Lipinski definition) is 7. The molecule has 0 atom stereocenters. The van der Waals surface area contributed by atoms with Gasteiger partial charge in [0.2, 0.25) is 11.8 Å². The molecule has 0 radical (unpaired) electrons. The van der Waals surface area contributed by atoms with Crippen LogP contribution in [0.1, 0.15) is 5.56 Å². The molecule has 0 bridgehead atoms. The molecule has 5 nitrogen and oxygen atoms in total. The topological polar surface area (TPSA) is 59.2 Å². The predicted octanol–water partition coefficient (Wildman–Crippen LogP) is 3.22. The van der Waals surface area contributed by atoms with Gasteiger partial charge in [-0.1, -0.05) is 22.8 Å². The van der Waals surface area contributed by atoms with Crippen LogP contribution in [0, 0.1) is 6.92 Å². The standard InChI is InChI=1S/C14H13N3O2S3/c1-9-2-4-10(5-3-9)12-15-16-13(19-12)17-11(18)8-22-14(17)20-6-7-21-14/h2-5H,6-8H2,1H3. The van der Waals surface area contributed by atoms with Crippen LogP contribution in [0.25, 0.3) is 11.5 Å². The number of benzene rings is 1. The van der Waals surface area contributed by atoms with Gasteiger partial charge in [-0.15, -0.1) is 40.4 Å². The van der Waals surface area contributed by atoms with Crippen molar-refractivity contribution in [2.24, 2.45) is 0 Å². The fourth-order valence-corrected chi connectivity index (χ4v) is 7.27. The maximum Gasteiger partial charge on any atom is 0.327 e. The van der Waals surface area contributed by atoms with Crippen molar-refractivity contribution >= 4 is 47.2 Å². The number of aromatic nitrogens is 2. The molecule has 0 N–H and O–H groups in total. The Morgan fingerprint density at radius 1 is 1.14 bits per heavy atom. The lowest BCUT2D eigenvalue weighted by molar-refractivity contribution is -0.115. The summed E-state index contributed by atoms with van der Waals surface area (Å²) in [4.78, 5) is 13.9. The molecule has 1 amide bonds. The van der Waals surface area contributed by atoms with Gasteiger partial charge < -0.3 is 4.42 Å². The normalized spacial score (nSPS) is 20.2. The molecule has 2 aromatic rings. The van der Waals surface area contributed by atoms with E-state index in [0.29, 0.717) is 17.7 Å². The van der Waals surface area contributed by atoms with E-state index in [1.807, 2.05) is 31.2 Å². The maximum atomic E-state index is 12.3. The van der Waals surface area contributed by atoms with Crippen LogP contribution in [0.4, 0.5) is 6.01 Å². The van der Waals surface area contributed by atoms with Gasteiger partial charge in [0.1, 0.15) is 0 Å². The molecule has 2 aliphatic rings. The molecule has 1 aromatic heterocycles. The molecule has 1 aromatic carbocycles. The smallest absolute Gasteiger partial charge is 0.327 e. The van der Waals surface area contributed by atoms with Gasteiger partial charge in [-0.3, -0.25) is 4.79 Å². The highest BCUT2D eigenvalue weighted by atomic mass is 32.3. The molecular formula is C14H13N3O2S3. The van der Waals surface area contributed by atoms with Crippen LogP contribution in [0.15, 0.2) is 28.7 Å². The Bertz CT molecular complexity index is 710. The summed E-state index contributed by atoms with van der Waals surface area (Å²) in [6.07, 6.45) is 0. The van der Waals surface area contributed by atoms with E-state index in [9.17, 15) is 4.79 Å². The highest BCUT2D eigenvalue weighted by Crippen LogP contribution is 2.58. The van der Waals surface area contributed by atoms with E-state index >= 15 is 0 Å². The third-order valence-electron chi connectivity index (χ3n) is 3.46. The first kappa shape index (κ1) is 14.5. The lowest BCUT2D eigenvalue weighted by Gasteiger charge is -2.28. The first-order valence-electron chi connectivity index (χ1n) is 6.83. The average molecular weight is 351 g/mol. The predicted molar refractivity (Wildman–Crippen MR) is 92.1 cm³/mol. The molecule has 8 heteroatoms. The van der Waals surface area contributed by atoms with Crippen LogP contribution in [0.3, 0.4) is 0 Å². The Labute approximate surface area is 140 Å². The minimum atomic E-state index is -0.325. The highest BCUT2D eigenvalue weighted by molar-refractivity contribution is 8.36. The summed E-state index contributed by atoms with van der Waals surface area (Å²) < 4.78 is 5.47. The van der Waals surface area contributed by atoms with Crippen LogP contribution in [0.2, 0.25) is 0 Å². The molecule has 0 aliphatic carbocycles. The van der Waals surface area contributed by atoms with Gasteiger partial charge in [-0.05, 0) is 19.1 Å². The van der Waals surface area contributed by atoms with Gasteiger partial charge in [0, 0.05) is 17.1 Å². The van der Waals surface area contributed by atoms with E-state index in [-0.39, 0.29) is 9.44 Å².